The summed E-state index contributed by atoms with van der Waals surface area (Å²) in [6, 6.07) is 0. The van der Waals surface area contributed by atoms with Gasteiger partial charge in [-0.05, 0) is 0 Å². The van der Waals surface area contributed by atoms with Gasteiger partial charge in [0.2, 0.25) is 0 Å². The molecule has 1 heterocycles. The Morgan fingerprint density at radius 3 is 2.89 bits per heavy atom. The highest BCUT2D eigenvalue weighted by Crippen LogP contribution is 2.06. The van der Waals surface area contributed by atoms with Crippen LogP contribution in [-0.4, -0.2) is 9.97 Å². The lowest BCUT2D eigenvalue weighted by atomic mass is 10.6. The van der Waals surface area contributed by atoms with Crippen LogP contribution in [0, 0.1) is 0 Å². The molecule has 0 amide bonds. The van der Waals surface area contributed by atoms with E-state index in [-0.39, 0.29) is 5.03 Å². The molecule has 5 heteroatoms. The predicted molar refractivity (Wildman–Crippen MR) is 35.1 cm³/mol. The molecular formula is C4H4N3OS. The summed E-state index contributed by atoms with van der Waals surface area (Å²) in [4.78, 5) is 16.0. The van der Waals surface area contributed by atoms with E-state index in [4.69, 9.17) is 5.73 Å². The Morgan fingerprint density at radius 2 is 2.44 bits per heavy atom. The normalized spacial score (nSPS) is 9.33. The van der Waals surface area contributed by atoms with Gasteiger partial charge in [-0.3, -0.25) is 0 Å². The average Bonchev–Trinajstić information content (AvgIpc) is 1.80. The van der Waals surface area contributed by atoms with Gasteiger partial charge in [-0.25, -0.2) is 4.79 Å². The lowest BCUT2D eigenvalue weighted by Crippen LogP contribution is -2.10. The van der Waals surface area contributed by atoms with Gasteiger partial charge in [0.25, 0.3) is 0 Å². The summed E-state index contributed by atoms with van der Waals surface area (Å²) in [5.41, 5.74) is 5.11. The van der Waals surface area contributed by atoms with E-state index in [9.17, 15) is 4.79 Å². The number of rotatable bonds is 0. The molecule has 0 spiro atoms. The Morgan fingerprint density at radius 1 is 1.78 bits per heavy atom. The first-order valence-corrected chi connectivity index (χ1v) is 2.63. The van der Waals surface area contributed by atoms with Crippen molar-refractivity contribution in [3.05, 3.63) is 16.7 Å². The van der Waals surface area contributed by atoms with E-state index in [1.54, 1.807) is 0 Å². The third-order valence-corrected chi connectivity index (χ3v) is 1.13. The molecule has 1 aromatic heterocycles. The molecule has 0 fully saturated rings. The van der Waals surface area contributed by atoms with Crippen LogP contribution >= 0.6 is 12.6 Å². The number of aromatic nitrogens is 2. The fourth-order valence-corrected chi connectivity index (χ4v) is 0.532. The molecule has 0 aliphatic rings. The van der Waals surface area contributed by atoms with Gasteiger partial charge in [0.1, 0.15) is 0 Å². The van der Waals surface area contributed by atoms with Gasteiger partial charge in [-0.15, -0.1) is 0 Å². The zero-order valence-electron chi connectivity index (χ0n) is 4.42. The highest BCUT2D eigenvalue weighted by Gasteiger charge is 1.94. The largest absolute Gasteiger partial charge is 0.395 e. The first kappa shape index (κ1) is 6.03. The minimum absolute atomic E-state index is 0.152. The molecule has 0 unspecified atom stereocenters. The molecule has 0 saturated heterocycles. The summed E-state index contributed by atoms with van der Waals surface area (Å²) in [6.45, 7) is 0. The number of hydrogen-bond donors (Lipinski definition) is 2. The second-order valence-corrected chi connectivity index (χ2v) is 1.85. The van der Waals surface area contributed by atoms with E-state index in [0.29, 0.717) is 5.69 Å². The number of aromatic amines is 1. The van der Waals surface area contributed by atoms with Gasteiger partial charge in [-0.1, -0.05) is 12.6 Å². The van der Waals surface area contributed by atoms with Crippen molar-refractivity contribution >= 4 is 18.3 Å². The summed E-state index contributed by atoms with van der Waals surface area (Å²) < 4.78 is 0. The highest BCUT2D eigenvalue weighted by molar-refractivity contribution is 7.80. The molecular weight excluding hydrogens is 138 g/mol. The van der Waals surface area contributed by atoms with E-state index >= 15 is 0 Å². The van der Waals surface area contributed by atoms with Crippen molar-refractivity contribution in [2.24, 2.45) is 0 Å². The second kappa shape index (κ2) is 2.02. The Kier molecular flexibility index (Phi) is 1.35. The zero-order chi connectivity index (χ0) is 6.85. The second-order valence-electron chi connectivity index (χ2n) is 1.47. The minimum Gasteiger partial charge on any atom is -0.395 e. The number of nitrogens with one attached hydrogen (secondary N) is 1. The van der Waals surface area contributed by atoms with Crippen LogP contribution in [0.5, 0.6) is 0 Å². The predicted octanol–water partition coefficient (Wildman–Crippen LogP) is -0.0915. The zero-order valence-corrected chi connectivity index (χ0v) is 5.23. The van der Waals surface area contributed by atoms with E-state index in [2.05, 4.69) is 22.6 Å². The Bertz CT molecular complexity index is 269. The maximum absolute atomic E-state index is 10.4. The summed E-state index contributed by atoms with van der Waals surface area (Å²) in [5, 5.41) is 0.152. The molecule has 1 aromatic rings. The Hall–Kier alpha value is -1.10. The fourth-order valence-electron chi connectivity index (χ4n) is 0.390. The number of nitrogen functional groups attached to an aromatic ring is 1. The van der Waals surface area contributed by atoms with Gasteiger partial charge >= 0.3 is 5.69 Å². The van der Waals surface area contributed by atoms with E-state index < -0.39 is 5.69 Å². The quantitative estimate of drug-likeness (QED) is 0.497. The number of H-pyrrole nitrogens is 1. The molecule has 3 N–H and O–H groups in total. The van der Waals surface area contributed by atoms with Crippen molar-refractivity contribution in [3.8, 4) is 0 Å². The summed E-state index contributed by atoms with van der Waals surface area (Å²) >= 11 is 4.58. The van der Waals surface area contributed by atoms with Crippen molar-refractivity contribution in [3.63, 3.8) is 0 Å². The molecule has 0 saturated carbocycles. The fraction of sp³-hybridized carbons (Fsp3) is 0. The van der Waals surface area contributed by atoms with E-state index in [1.807, 2.05) is 0 Å². The highest BCUT2D eigenvalue weighted by atomic mass is 32.1. The number of hydrogen-bond acceptors (Lipinski definition) is 3. The maximum atomic E-state index is 10.4. The molecule has 47 valence electrons. The third-order valence-electron chi connectivity index (χ3n) is 0.801. The molecule has 0 bridgehead atoms. The van der Waals surface area contributed by atoms with Gasteiger partial charge in [-0.2, -0.15) is 4.98 Å². The molecule has 9 heavy (non-hydrogen) atoms. The van der Waals surface area contributed by atoms with Crippen LogP contribution in [0.1, 0.15) is 0 Å². The van der Waals surface area contributed by atoms with Gasteiger partial charge in [0, 0.05) is 6.20 Å². The van der Waals surface area contributed by atoms with Crippen molar-refractivity contribution in [1.29, 1.82) is 0 Å². The van der Waals surface area contributed by atoms with Crippen molar-refractivity contribution in [2.75, 3.05) is 5.73 Å². The number of nitrogens with two attached hydrogens (primary N) is 1. The van der Waals surface area contributed by atoms with Crippen molar-refractivity contribution in [1.82, 2.24) is 9.97 Å². The van der Waals surface area contributed by atoms with Crippen LogP contribution in [-0.2, 0) is 0 Å². The van der Waals surface area contributed by atoms with Gasteiger partial charge in [0.05, 0.1) is 5.69 Å². The Balaban J connectivity index is 3.34. The number of nitrogens with zero attached hydrogens (tertiary/aromatic N) is 1. The molecule has 0 aliphatic carbocycles. The Labute approximate surface area is 56.5 Å². The van der Waals surface area contributed by atoms with Crippen LogP contribution in [0.2, 0.25) is 0 Å². The first-order chi connectivity index (χ1) is 4.20. The van der Waals surface area contributed by atoms with Crippen LogP contribution < -0.4 is 11.4 Å². The molecule has 1 rings (SSSR count). The van der Waals surface area contributed by atoms with Crippen LogP contribution in [0.25, 0.3) is 0 Å². The topological polar surface area (TPSA) is 71.8 Å². The van der Waals surface area contributed by atoms with E-state index in [1.165, 1.54) is 6.20 Å². The lowest BCUT2D eigenvalue weighted by molar-refractivity contribution is 0.991. The first-order valence-electron chi connectivity index (χ1n) is 2.22. The van der Waals surface area contributed by atoms with Crippen LogP contribution in [0.4, 0.5) is 5.69 Å². The average molecular weight is 142 g/mol. The van der Waals surface area contributed by atoms with E-state index in [0.717, 1.165) is 0 Å². The van der Waals surface area contributed by atoms with Crippen molar-refractivity contribution < 1.29 is 0 Å². The summed E-state index contributed by atoms with van der Waals surface area (Å²) in [6.07, 6.45) is 1.33. The van der Waals surface area contributed by atoms with Gasteiger partial charge in [0.15, 0.2) is 5.03 Å². The molecule has 1 radical (unpaired) electrons. The smallest absolute Gasteiger partial charge is 0.346 e. The third kappa shape index (κ3) is 1.17. The van der Waals surface area contributed by atoms with Crippen molar-refractivity contribution in [2.45, 2.75) is 5.03 Å². The minimum atomic E-state index is -0.464. The summed E-state index contributed by atoms with van der Waals surface area (Å²) in [5.74, 6) is 0. The SMILES string of the molecule is Nc1c[nH]c(=O)nc1[S]. The molecule has 0 atom stereocenters. The number of anilines is 1. The van der Waals surface area contributed by atoms with Crippen LogP contribution in [0.3, 0.4) is 0 Å². The van der Waals surface area contributed by atoms with Gasteiger partial charge < -0.3 is 10.7 Å². The molecule has 0 aromatic carbocycles. The lowest BCUT2D eigenvalue weighted by Gasteiger charge is -1.90. The standard InChI is InChI=1S/C4H4N3OS/c5-2-1-6-4(8)7-3(2)9/h1H,5H2,(H,6,7,8). The molecule has 0 aliphatic heterocycles. The molecule has 4 nitrogen and oxygen atoms in total. The van der Waals surface area contributed by atoms with Crippen LogP contribution in [0.15, 0.2) is 16.0 Å². The maximum Gasteiger partial charge on any atom is 0.346 e. The monoisotopic (exact) mass is 142 g/mol. The summed E-state index contributed by atoms with van der Waals surface area (Å²) in [7, 11) is 0.